The van der Waals surface area contributed by atoms with Crippen LogP contribution in [-0.2, 0) is 9.84 Å². The number of sulfone groups is 1. The summed E-state index contributed by atoms with van der Waals surface area (Å²) in [5.41, 5.74) is 2.23. The molecule has 0 fully saturated rings. The Kier molecular flexibility index (Phi) is 4.49. The summed E-state index contributed by atoms with van der Waals surface area (Å²) in [4.78, 5) is 12.9. The first-order chi connectivity index (χ1) is 11.8. The van der Waals surface area contributed by atoms with E-state index in [-0.39, 0.29) is 10.5 Å². The summed E-state index contributed by atoms with van der Waals surface area (Å²) in [6.07, 6.45) is 2.74. The summed E-state index contributed by atoms with van der Waals surface area (Å²) < 4.78 is 24.4. The fourth-order valence-corrected chi connectivity index (χ4v) is 3.32. The summed E-state index contributed by atoms with van der Waals surface area (Å²) in [5, 5.41) is 4.74. The van der Waals surface area contributed by atoms with E-state index in [4.69, 9.17) is 11.6 Å². The third kappa shape index (κ3) is 3.50. The number of nitrogens with zero attached hydrogens (tertiary/aromatic N) is 2. The predicted octanol–water partition coefficient (Wildman–Crippen LogP) is 3.26. The van der Waals surface area contributed by atoms with E-state index in [1.807, 2.05) is 0 Å². The molecule has 0 bridgehead atoms. The maximum absolute atomic E-state index is 12.7. The average molecular weight is 375 g/mol. The van der Waals surface area contributed by atoms with Gasteiger partial charge in [-0.1, -0.05) is 29.8 Å². The minimum atomic E-state index is -3.26. The lowest BCUT2D eigenvalue weighted by molar-refractivity contribution is 0.602. The van der Waals surface area contributed by atoms with Gasteiger partial charge >= 0.3 is 0 Å². The van der Waals surface area contributed by atoms with Crippen LogP contribution in [0.15, 0.2) is 64.4 Å². The van der Waals surface area contributed by atoms with Gasteiger partial charge in [-0.2, -0.15) is 9.78 Å². The molecule has 3 rings (SSSR count). The highest BCUT2D eigenvalue weighted by molar-refractivity contribution is 7.90. The summed E-state index contributed by atoms with van der Waals surface area (Å²) in [5.74, 6) is 0. The molecule has 0 aliphatic rings. The van der Waals surface area contributed by atoms with Gasteiger partial charge in [-0.05, 0) is 42.8 Å². The number of rotatable bonds is 3. The molecule has 1 aromatic heterocycles. The van der Waals surface area contributed by atoms with Gasteiger partial charge in [-0.3, -0.25) is 4.79 Å². The van der Waals surface area contributed by atoms with Crippen molar-refractivity contribution in [3.8, 4) is 16.8 Å². The number of hydrogen-bond donors (Lipinski definition) is 0. The monoisotopic (exact) mass is 374 g/mol. The van der Waals surface area contributed by atoms with Crippen LogP contribution < -0.4 is 5.56 Å². The molecule has 0 aliphatic carbocycles. The van der Waals surface area contributed by atoms with Gasteiger partial charge in [-0.15, -0.1) is 0 Å². The van der Waals surface area contributed by atoms with Crippen LogP contribution in [0.3, 0.4) is 0 Å². The Morgan fingerprint density at radius 1 is 1.08 bits per heavy atom. The zero-order chi connectivity index (χ0) is 18.2. The molecule has 25 heavy (non-hydrogen) atoms. The minimum absolute atomic E-state index is 0.231. The smallest absolute Gasteiger partial charge is 0.267 e. The van der Waals surface area contributed by atoms with Crippen molar-refractivity contribution in [1.29, 1.82) is 0 Å². The molecule has 0 atom stereocenters. The molecule has 0 saturated carbocycles. The van der Waals surface area contributed by atoms with Crippen molar-refractivity contribution in [3.05, 3.63) is 75.7 Å². The van der Waals surface area contributed by atoms with Gasteiger partial charge in [0.2, 0.25) is 0 Å². The van der Waals surface area contributed by atoms with E-state index in [1.54, 1.807) is 49.5 Å². The molecule has 128 valence electrons. The molecule has 0 saturated heterocycles. The van der Waals surface area contributed by atoms with Crippen LogP contribution in [0.25, 0.3) is 16.8 Å². The number of halogens is 1. The Bertz CT molecular complexity index is 1100. The lowest BCUT2D eigenvalue weighted by Gasteiger charge is -2.10. The highest BCUT2D eigenvalue weighted by Crippen LogP contribution is 2.23. The van der Waals surface area contributed by atoms with Gasteiger partial charge in [0.05, 0.1) is 16.8 Å². The molecule has 0 spiro atoms. The Hall–Kier alpha value is -2.44. The normalized spacial score (nSPS) is 11.5. The van der Waals surface area contributed by atoms with Crippen LogP contribution in [0.4, 0.5) is 0 Å². The second kappa shape index (κ2) is 6.46. The maximum Gasteiger partial charge on any atom is 0.275 e. The lowest BCUT2D eigenvalue weighted by atomic mass is 10.0. The maximum atomic E-state index is 12.7. The van der Waals surface area contributed by atoms with Crippen LogP contribution in [0.5, 0.6) is 0 Å². The van der Waals surface area contributed by atoms with Gasteiger partial charge < -0.3 is 0 Å². The standard InChI is InChI=1S/C18H15ClN2O3S/c1-12-17(13-6-8-16(9-7-13)25(2,23)24)11-20-21(18(12)22)15-5-3-4-14(19)10-15/h3-11H,1-2H3. The van der Waals surface area contributed by atoms with E-state index in [1.165, 1.54) is 16.8 Å². The van der Waals surface area contributed by atoms with E-state index in [2.05, 4.69) is 5.10 Å². The van der Waals surface area contributed by atoms with Gasteiger partial charge in [0.15, 0.2) is 9.84 Å². The van der Waals surface area contributed by atoms with Gasteiger partial charge in [0, 0.05) is 22.4 Å². The van der Waals surface area contributed by atoms with E-state index in [0.29, 0.717) is 21.8 Å². The average Bonchev–Trinajstić information content (AvgIpc) is 2.56. The van der Waals surface area contributed by atoms with Crippen LogP contribution in [0, 0.1) is 6.92 Å². The fourth-order valence-electron chi connectivity index (χ4n) is 2.50. The molecule has 0 unspecified atom stereocenters. The van der Waals surface area contributed by atoms with Crippen molar-refractivity contribution in [2.45, 2.75) is 11.8 Å². The van der Waals surface area contributed by atoms with Crippen LogP contribution in [0.2, 0.25) is 5.02 Å². The molecule has 0 N–H and O–H groups in total. The fraction of sp³-hybridized carbons (Fsp3) is 0.111. The second-order valence-electron chi connectivity index (χ2n) is 5.68. The van der Waals surface area contributed by atoms with Crippen molar-refractivity contribution < 1.29 is 8.42 Å². The molecule has 0 amide bonds. The van der Waals surface area contributed by atoms with E-state index in [0.717, 1.165) is 11.8 Å². The Balaban J connectivity index is 2.08. The third-order valence-corrected chi connectivity index (χ3v) is 5.23. The minimum Gasteiger partial charge on any atom is -0.267 e. The SMILES string of the molecule is Cc1c(-c2ccc(S(C)(=O)=O)cc2)cnn(-c2cccc(Cl)c2)c1=O. The molecule has 3 aromatic rings. The second-order valence-corrected chi connectivity index (χ2v) is 8.13. The van der Waals surface area contributed by atoms with E-state index < -0.39 is 9.84 Å². The first-order valence-corrected chi connectivity index (χ1v) is 9.70. The van der Waals surface area contributed by atoms with E-state index in [9.17, 15) is 13.2 Å². The van der Waals surface area contributed by atoms with Gasteiger partial charge in [0.25, 0.3) is 5.56 Å². The molecule has 0 aliphatic heterocycles. The van der Waals surface area contributed by atoms with E-state index >= 15 is 0 Å². The molecule has 5 nitrogen and oxygen atoms in total. The summed E-state index contributed by atoms with van der Waals surface area (Å²) >= 11 is 5.97. The third-order valence-electron chi connectivity index (χ3n) is 3.87. The van der Waals surface area contributed by atoms with Crippen molar-refractivity contribution >= 4 is 21.4 Å². The highest BCUT2D eigenvalue weighted by Gasteiger charge is 2.12. The Morgan fingerprint density at radius 3 is 2.36 bits per heavy atom. The van der Waals surface area contributed by atoms with Crippen LogP contribution in [0.1, 0.15) is 5.56 Å². The van der Waals surface area contributed by atoms with Gasteiger partial charge in [0.1, 0.15) is 0 Å². The quantitative estimate of drug-likeness (QED) is 0.705. The topological polar surface area (TPSA) is 69.0 Å². The molecule has 1 heterocycles. The summed E-state index contributed by atoms with van der Waals surface area (Å²) in [7, 11) is -3.26. The molecule has 0 radical (unpaired) electrons. The zero-order valence-corrected chi connectivity index (χ0v) is 15.2. The summed E-state index contributed by atoms with van der Waals surface area (Å²) in [6.45, 7) is 1.71. The van der Waals surface area contributed by atoms with Crippen molar-refractivity contribution in [3.63, 3.8) is 0 Å². The molecule has 2 aromatic carbocycles. The molecular weight excluding hydrogens is 360 g/mol. The first kappa shape index (κ1) is 17.4. The Morgan fingerprint density at radius 2 is 1.76 bits per heavy atom. The first-order valence-electron chi connectivity index (χ1n) is 7.43. The van der Waals surface area contributed by atoms with Crippen molar-refractivity contribution in [2.75, 3.05) is 6.26 Å². The largest absolute Gasteiger partial charge is 0.275 e. The van der Waals surface area contributed by atoms with Crippen LogP contribution in [-0.4, -0.2) is 24.5 Å². The van der Waals surface area contributed by atoms with Gasteiger partial charge in [-0.25, -0.2) is 8.42 Å². The number of benzene rings is 2. The number of hydrogen-bond acceptors (Lipinski definition) is 4. The predicted molar refractivity (Wildman–Crippen MR) is 98.1 cm³/mol. The van der Waals surface area contributed by atoms with Crippen LogP contribution >= 0.6 is 11.6 Å². The van der Waals surface area contributed by atoms with Crippen molar-refractivity contribution in [2.24, 2.45) is 0 Å². The highest BCUT2D eigenvalue weighted by atomic mass is 35.5. The lowest BCUT2D eigenvalue weighted by Crippen LogP contribution is -2.23. The molecular formula is C18H15ClN2O3S. The molecule has 7 heteroatoms. The Labute approximate surface area is 150 Å². The zero-order valence-electron chi connectivity index (χ0n) is 13.6. The van der Waals surface area contributed by atoms with Crippen molar-refractivity contribution in [1.82, 2.24) is 9.78 Å². The number of aromatic nitrogens is 2. The summed E-state index contributed by atoms with van der Waals surface area (Å²) in [6, 6.07) is 13.3.